The van der Waals surface area contributed by atoms with E-state index in [-0.39, 0.29) is 11.5 Å². The number of nitrogens with zero attached hydrogens (tertiary/aromatic N) is 2. The summed E-state index contributed by atoms with van der Waals surface area (Å²) in [5.41, 5.74) is 5.69. The maximum Gasteiger partial charge on any atom is 0.266 e. The van der Waals surface area contributed by atoms with Gasteiger partial charge in [-0.05, 0) is 28.1 Å². The van der Waals surface area contributed by atoms with E-state index in [4.69, 9.17) is 5.73 Å². The maximum atomic E-state index is 13.7. The van der Waals surface area contributed by atoms with Gasteiger partial charge in [-0.25, -0.2) is 12.8 Å². The Hall–Kier alpha value is -1.61. The molecule has 1 aromatic carbocycles. The minimum Gasteiger partial charge on any atom is -0.398 e. The molecule has 0 saturated heterocycles. The van der Waals surface area contributed by atoms with Crippen molar-refractivity contribution in [2.75, 3.05) is 10.5 Å². The molecule has 0 spiro atoms. The van der Waals surface area contributed by atoms with Crippen LogP contribution in [0.5, 0.6) is 0 Å². The molecule has 0 aliphatic rings. The number of nitrogens with one attached hydrogen (secondary N) is 1. The van der Waals surface area contributed by atoms with Crippen LogP contribution in [0.25, 0.3) is 0 Å². The molecule has 9 heteroatoms. The average Bonchev–Trinajstić information content (AvgIpc) is 2.68. The standard InChI is InChI=1S/C10H10BrFN4O2S/c1-16-3-2-10(14-16)15-19(17,18)9-5-8(13)6(11)4-7(9)12/h2-5H,13H2,1H3,(H,14,15). The molecule has 0 bridgehead atoms. The largest absolute Gasteiger partial charge is 0.398 e. The van der Waals surface area contributed by atoms with Crippen LogP contribution in [0.2, 0.25) is 0 Å². The number of nitrogens with two attached hydrogens (primary N) is 1. The van der Waals surface area contributed by atoms with Gasteiger partial charge in [-0.3, -0.25) is 9.40 Å². The van der Waals surface area contributed by atoms with Crippen molar-refractivity contribution >= 4 is 37.5 Å². The van der Waals surface area contributed by atoms with Gasteiger partial charge in [0.05, 0.1) is 0 Å². The van der Waals surface area contributed by atoms with Crippen molar-refractivity contribution in [3.8, 4) is 0 Å². The normalized spacial score (nSPS) is 11.5. The summed E-state index contributed by atoms with van der Waals surface area (Å²) in [6.45, 7) is 0. The van der Waals surface area contributed by atoms with Gasteiger partial charge in [0.25, 0.3) is 10.0 Å². The van der Waals surface area contributed by atoms with Crippen LogP contribution in [0.15, 0.2) is 33.8 Å². The number of rotatable bonds is 3. The Morgan fingerprint density at radius 3 is 2.74 bits per heavy atom. The van der Waals surface area contributed by atoms with E-state index in [0.29, 0.717) is 4.47 Å². The fourth-order valence-electron chi connectivity index (χ4n) is 1.41. The van der Waals surface area contributed by atoms with Crippen molar-refractivity contribution in [2.24, 2.45) is 7.05 Å². The van der Waals surface area contributed by atoms with E-state index in [1.807, 2.05) is 0 Å². The van der Waals surface area contributed by atoms with E-state index in [9.17, 15) is 12.8 Å². The molecule has 2 rings (SSSR count). The van der Waals surface area contributed by atoms with Crippen LogP contribution in [0.3, 0.4) is 0 Å². The van der Waals surface area contributed by atoms with Crippen molar-refractivity contribution < 1.29 is 12.8 Å². The van der Waals surface area contributed by atoms with Crippen LogP contribution in [0.4, 0.5) is 15.9 Å². The molecule has 0 amide bonds. The zero-order chi connectivity index (χ0) is 14.2. The number of anilines is 2. The second-order valence-corrected chi connectivity index (χ2v) is 6.29. The summed E-state index contributed by atoms with van der Waals surface area (Å²) in [5, 5.41) is 3.85. The van der Waals surface area contributed by atoms with E-state index >= 15 is 0 Å². The van der Waals surface area contributed by atoms with E-state index in [1.165, 1.54) is 10.7 Å². The van der Waals surface area contributed by atoms with Crippen molar-refractivity contribution in [1.29, 1.82) is 0 Å². The molecule has 0 aliphatic carbocycles. The number of hydrogen-bond acceptors (Lipinski definition) is 4. The van der Waals surface area contributed by atoms with Crippen molar-refractivity contribution in [3.05, 3.63) is 34.7 Å². The Morgan fingerprint density at radius 2 is 2.16 bits per heavy atom. The highest BCUT2D eigenvalue weighted by atomic mass is 79.9. The molecule has 1 heterocycles. The zero-order valence-electron chi connectivity index (χ0n) is 9.76. The Balaban J connectivity index is 2.42. The summed E-state index contributed by atoms with van der Waals surface area (Å²) in [7, 11) is -2.44. The van der Waals surface area contributed by atoms with Gasteiger partial charge in [-0.2, -0.15) is 5.10 Å². The first-order chi connectivity index (χ1) is 8.79. The number of sulfonamides is 1. The molecule has 0 atom stereocenters. The van der Waals surface area contributed by atoms with Crippen molar-refractivity contribution in [2.45, 2.75) is 4.90 Å². The predicted molar refractivity (Wildman–Crippen MR) is 72.5 cm³/mol. The predicted octanol–water partition coefficient (Wildman–Crippen LogP) is 1.70. The fraction of sp³-hybridized carbons (Fsp3) is 0.100. The second kappa shape index (κ2) is 4.82. The highest BCUT2D eigenvalue weighted by Gasteiger charge is 2.21. The van der Waals surface area contributed by atoms with Crippen LogP contribution < -0.4 is 10.5 Å². The summed E-state index contributed by atoms with van der Waals surface area (Å²) in [6, 6.07) is 3.50. The van der Waals surface area contributed by atoms with Gasteiger partial charge >= 0.3 is 0 Å². The fourth-order valence-corrected chi connectivity index (χ4v) is 2.82. The zero-order valence-corrected chi connectivity index (χ0v) is 12.2. The lowest BCUT2D eigenvalue weighted by Gasteiger charge is -2.08. The quantitative estimate of drug-likeness (QED) is 0.826. The molecule has 1 aromatic heterocycles. The van der Waals surface area contributed by atoms with Gasteiger partial charge in [-0.15, -0.1) is 0 Å². The number of halogens is 2. The molecule has 102 valence electrons. The van der Waals surface area contributed by atoms with Gasteiger partial charge < -0.3 is 5.73 Å². The van der Waals surface area contributed by atoms with Crippen LogP contribution in [0, 0.1) is 5.82 Å². The van der Waals surface area contributed by atoms with E-state index in [0.717, 1.165) is 12.1 Å². The first-order valence-corrected chi connectivity index (χ1v) is 7.34. The monoisotopic (exact) mass is 348 g/mol. The molecule has 3 N–H and O–H groups in total. The summed E-state index contributed by atoms with van der Waals surface area (Å²) in [4.78, 5) is -0.529. The number of aryl methyl sites for hydroxylation is 1. The Morgan fingerprint density at radius 1 is 1.47 bits per heavy atom. The molecular formula is C10H10BrFN4O2S. The molecule has 0 aliphatic heterocycles. The molecular weight excluding hydrogens is 339 g/mol. The number of nitrogen functional groups attached to an aromatic ring is 1. The Labute approximate surface area is 117 Å². The van der Waals surface area contributed by atoms with Gasteiger partial charge in [0, 0.05) is 29.5 Å². The Bertz CT molecular complexity index is 729. The second-order valence-electron chi connectivity index (χ2n) is 3.78. The third-order valence-corrected chi connectivity index (χ3v) is 4.35. The first kappa shape index (κ1) is 13.8. The van der Waals surface area contributed by atoms with Crippen LogP contribution in [0.1, 0.15) is 0 Å². The highest BCUT2D eigenvalue weighted by molar-refractivity contribution is 9.10. The van der Waals surface area contributed by atoms with Crippen LogP contribution in [-0.4, -0.2) is 18.2 Å². The lowest BCUT2D eigenvalue weighted by molar-refractivity contribution is 0.570. The van der Waals surface area contributed by atoms with Gasteiger partial charge in [0.15, 0.2) is 5.82 Å². The van der Waals surface area contributed by atoms with E-state index in [1.54, 1.807) is 13.2 Å². The van der Waals surface area contributed by atoms with E-state index < -0.39 is 20.7 Å². The minimum absolute atomic E-state index is 0.100. The minimum atomic E-state index is -4.07. The molecule has 0 fully saturated rings. The SMILES string of the molecule is Cn1ccc(NS(=O)(=O)c2cc(N)c(Br)cc2F)n1. The topological polar surface area (TPSA) is 90.0 Å². The molecule has 2 aromatic rings. The first-order valence-electron chi connectivity index (χ1n) is 5.06. The Kier molecular flexibility index (Phi) is 3.50. The lowest BCUT2D eigenvalue weighted by atomic mass is 10.3. The van der Waals surface area contributed by atoms with E-state index in [2.05, 4.69) is 25.8 Å². The molecule has 6 nitrogen and oxygen atoms in total. The molecule has 0 radical (unpaired) electrons. The van der Waals surface area contributed by atoms with Crippen molar-refractivity contribution in [1.82, 2.24) is 9.78 Å². The number of aromatic nitrogens is 2. The molecule has 19 heavy (non-hydrogen) atoms. The summed E-state index contributed by atoms with van der Waals surface area (Å²) >= 11 is 3.02. The van der Waals surface area contributed by atoms with Gasteiger partial charge in [0.1, 0.15) is 10.7 Å². The van der Waals surface area contributed by atoms with Gasteiger partial charge in [-0.1, -0.05) is 0 Å². The van der Waals surface area contributed by atoms with Crippen LogP contribution in [-0.2, 0) is 17.1 Å². The van der Waals surface area contributed by atoms with Gasteiger partial charge in [0.2, 0.25) is 0 Å². The van der Waals surface area contributed by atoms with Crippen molar-refractivity contribution in [3.63, 3.8) is 0 Å². The maximum absolute atomic E-state index is 13.7. The smallest absolute Gasteiger partial charge is 0.266 e. The summed E-state index contributed by atoms with van der Waals surface area (Å²) in [5.74, 6) is -0.798. The van der Waals surface area contributed by atoms with Crippen LogP contribution >= 0.6 is 15.9 Å². The average molecular weight is 349 g/mol. The number of hydrogen-bond donors (Lipinski definition) is 2. The summed E-state index contributed by atoms with van der Waals surface area (Å²) < 4.78 is 41.6. The third kappa shape index (κ3) is 2.87. The lowest BCUT2D eigenvalue weighted by Crippen LogP contribution is -2.15. The summed E-state index contributed by atoms with van der Waals surface area (Å²) in [6.07, 6.45) is 1.56. The molecule has 0 saturated carbocycles. The molecule has 0 unspecified atom stereocenters. The third-order valence-electron chi connectivity index (χ3n) is 2.29. The number of benzene rings is 1. The highest BCUT2D eigenvalue weighted by Crippen LogP contribution is 2.27.